The Morgan fingerprint density at radius 3 is 2.65 bits per heavy atom. The minimum Gasteiger partial charge on any atom is -0.302 e. The Labute approximate surface area is 158 Å². The number of para-hydroxylation sites is 1. The average molecular weight is 388 g/mol. The third-order valence-corrected chi connectivity index (χ3v) is 4.80. The number of nitrogens with one attached hydrogen (secondary N) is 1. The smallest absolute Gasteiger partial charge is 0.273 e. The molecule has 0 radical (unpaired) electrons. The summed E-state index contributed by atoms with van der Waals surface area (Å²) >= 11 is 7.25. The second-order valence-corrected chi connectivity index (χ2v) is 7.10. The number of hydrogen-bond donors (Lipinski definition) is 1. The van der Waals surface area contributed by atoms with E-state index in [0.717, 1.165) is 10.4 Å². The average Bonchev–Trinajstić information content (AvgIpc) is 3.04. The van der Waals surface area contributed by atoms with Crippen molar-refractivity contribution in [3.8, 4) is 0 Å². The molecule has 8 heteroatoms. The van der Waals surface area contributed by atoms with Gasteiger partial charge in [-0.15, -0.1) is 11.3 Å². The number of anilines is 1. The van der Waals surface area contributed by atoms with Crippen LogP contribution in [0.15, 0.2) is 54.7 Å². The van der Waals surface area contributed by atoms with E-state index in [2.05, 4.69) is 10.3 Å². The third-order valence-electron chi connectivity index (χ3n) is 3.63. The van der Waals surface area contributed by atoms with Gasteiger partial charge < -0.3 is 5.32 Å². The van der Waals surface area contributed by atoms with Gasteiger partial charge in [0.05, 0.1) is 11.3 Å². The van der Waals surface area contributed by atoms with Gasteiger partial charge in [-0.25, -0.2) is 4.98 Å². The number of carbonyl (C=O) groups excluding carboxylic acids is 1. The Kier molecular flexibility index (Phi) is 5.60. The number of amides is 1. The van der Waals surface area contributed by atoms with Gasteiger partial charge in [0.2, 0.25) is 5.91 Å². The van der Waals surface area contributed by atoms with E-state index in [4.69, 9.17) is 11.6 Å². The lowest BCUT2D eigenvalue weighted by atomic mass is 10.1. The number of rotatable bonds is 6. The van der Waals surface area contributed by atoms with Crippen LogP contribution in [0.3, 0.4) is 0 Å². The van der Waals surface area contributed by atoms with E-state index >= 15 is 0 Å². The first-order valence-electron chi connectivity index (χ1n) is 7.72. The zero-order chi connectivity index (χ0) is 18.5. The number of nitro benzene ring substituents is 1. The lowest BCUT2D eigenvalue weighted by Gasteiger charge is -2.03. The number of hydrogen-bond acceptors (Lipinski definition) is 5. The summed E-state index contributed by atoms with van der Waals surface area (Å²) in [5, 5.41) is 14.9. The first-order valence-corrected chi connectivity index (χ1v) is 8.92. The summed E-state index contributed by atoms with van der Waals surface area (Å²) < 4.78 is 0. The van der Waals surface area contributed by atoms with Gasteiger partial charge in [-0.2, -0.15) is 0 Å². The Morgan fingerprint density at radius 1 is 1.19 bits per heavy atom. The highest BCUT2D eigenvalue weighted by molar-refractivity contribution is 7.15. The molecule has 2 aromatic carbocycles. The van der Waals surface area contributed by atoms with Gasteiger partial charge in [-0.05, 0) is 17.7 Å². The summed E-state index contributed by atoms with van der Waals surface area (Å²) in [6.07, 6.45) is 2.32. The molecular formula is C18H14ClN3O3S. The van der Waals surface area contributed by atoms with Crippen molar-refractivity contribution in [3.63, 3.8) is 0 Å². The standard InChI is InChI=1S/C18H14ClN3O3S/c19-14-7-5-12(6-8-14)9-15-11-20-18(26-15)21-17(23)10-13-3-1-2-4-16(13)22(24)25/h1-8,11H,9-10H2,(H,20,21,23). The zero-order valence-electron chi connectivity index (χ0n) is 13.5. The predicted octanol–water partition coefficient (Wildman–Crippen LogP) is 4.48. The molecule has 1 N–H and O–H groups in total. The summed E-state index contributed by atoms with van der Waals surface area (Å²) in [5.41, 5.74) is 1.40. The maximum absolute atomic E-state index is 12.2. The molecule has 1 amide bonds. The van der Waals surface area contributed by atoms with Crippen molar-refractivity contribution in [3.05, 3.63) is 85.9 Å². The van der Waals surface area contributed by atoms with Gasteiger partial charge in [0, 0.05) is 34.1 Å². The van der Waals surface area contributed by atoms with Gasteiger partial charge in [0.1, 0.15) is 0 Å². The number of carbonyl (C=O) groups is 1. The maximum Gasteiger partial charge on any atom is 0.273 e. The molecule has 0 spiro atoms. The summed E-state index contributed by atoms with van der Waals surface area (Å²) in [4.78, 5) is 27.9. The number of nitro groups is 1. The Bertz CT molecular complexity index is 941. The molecule has 0 aliphatic rings. The normalized spacial score (nSPS) is 10.5. The zero-order valence-corrected chi connectivity index (χ0v) is 15.1. The van der Waals surface area contributed by atoms with Gasteiger partial charge in [-0.1, -0.05) is 41.9 Å². The fraction of sp³-hybridized carbons (Fsp3) is 0.111. The fourth-order valence-electron chi connectivity index (χ4n) is 2.43. The number of benzene rings is 2. The van der Waals surface area contributed by atoms with Crippen molar-refractivity contribution < 1.29 is 9.72 Å². The quantitative estimate of drug-likeness (QED) is 0.499. The summed E-state index contributed by atoms with van der Waals surface area (Å²) in [5.74, 6) is -0.341. The van der Waals surface area contributed by atoms with Crippen molar-refractivity contribution >= 4 is 39.7 Å². The second-order valence-electron chi connectivity index (χ2n) is 5.55. The third kappa shape index (κ3) is 4.65. The van der Waals surface area contributed by atoms with Crippen LogP contribution in [-0.2, 0) is 17.6 Å². The van der Waals surface area contributed by atoms with Crippen LogP contribution in [0.1, 0.15) is 16.0 Å². The van der Waals surface area contributed by atoms with Crippen molar-refractivity contribution in [2.45, 2.75) is 12.8 Å². The molecular weight excluding hydrogens is 374 g/mol. The van der Waals surface area contributed by atoms with Crippen LogP contribution in [0.5, 0.6) is 0 Å². The van der Waals surface area contributed by atoms with Crippen molar-refractivity contribution in [1.82, 2.24) is 4.98 Å². The van der Waals surface area contributed by atoms with Crippen LogP contribution in [0.25, 0.3) is 0 Å². The van der Waals surface area contributed by atoms with Crippen molar-refractivity contribution in [2.24, 2.45) is 0 Å². The minimum absolute atomic E-state index is 0.0646. The molecule has 6 nitrogen and oxygen atoms in total. The van der Waals surface area contributed by atoms with Crippen LogP contribution in [0, 0.1) is 10.1 Å². The highest BCUT2D eigenvalue weighted by Gasteiger charge is 2.16. The van der Waals surface area contributed by atoms with Crippen LogP contribution in [0.2, 0.25) is 5.02 Å². The minimum atomic E-state index is -0.490. The number of thiazole rings is 1. The van der Waals surface area contributed by atoms with E-state index in [1.54, 1.807) is 24.4 Å². The highest BCUT2D eigenvalue weighted by Crippen LogP contribution is 2.23. The second kappa shape index (κ2) is 8.07. The number of halogens is 1. The van der Waals surface area contributed by atoms with Crippen LogP contribution in [0.4, 0.5) is 10.8 Å². The molecule has 3 rings (SSSR count). The fourth-order valence-corrected chi connectivity index (χ4v) is 3.41. The van der Waals surface area contributed by atoms with Crippen molar-refractivity contribution in [1.29, 1.82) is 0 Å². The van der Waals surface area contributed by atoms with E-state index < -0.39 is 4.92 Å². The molecule has 3 aromatic rings. The van der Waals surface area contributed by atoms with Gasteiger partial charge in [0.15, 0.2) is 5.13 Å². The Balaban J connectivity index is 1.63. The molecule has 0 unspecified atom stereocenters. The highest BCUT2D eigenvalue weighted by atomic mass is 35.5. The summed E-state index contributed by atoms with van der Waals surface area (Å²) in [6.45, 7) is 0. The topological polar surface area (TPSA) is 85.1 Å². The first-order chi connectivity index (χ1) is 12.5. The van der Waals surface area contributed by atoms with E-state index in [9.17, 15) is 14.9 Å². The van der Waals surface area contributed by atoms with E-state index in [1.165, 1.54) is 17.4 Å². The lowest BCUT2D eigenvalue weighted by Crippen LogP contribution is -2.15. The number of nitrogens with zero attached hydrogens (tertiary/aromatic N) is 2. The van der Waals surface area contributed by atoms with E-state index in [-0.39, 0.29) is 18.0 Å². The largest absolute Gasteiger partial charge is 0.302 e. The molecule has 0 saturated carbocycles. The Morgan fingerprint density at radius 2 is 1.92 bits per heavy atom. The predicted molar refractivity (Wildman–Crippen MR) is 102 cm³/mol. The Hall–Kier alpha value is -2.77. The molecule has 0 aliphatic carbocycles. The summed E-state index contributed by atoms with van der Waals surface area (Å²) in [7, 11) is 0. The SMILES string of the molecule is O=C(Cc1ccccc1[N+](=O)[O-])Nc1ncc(Cc2ccc(Cl)cc2)s1. The van der Waals surface area contributed by atoms with E-state index in [1.807, 2.05) is 24.3 Å². The lowest BCUT2D eigenvalue weighted by molar-refractivity contribution is -0.385. The molecule has 26 heavy (non-hydrogen) atoms. The van der Waals surface area contributed by atoms with Gasteiger partial charge >= 0.3 is 0 Å². The molecule has 0 aliphatic heterocycles. The molecule has 0 saturated heterocycles. The molecule has 0 bridgehead atoms. The molecule has 0 atom stereocenters. The maximum atomic E-state index is 12.2. The number of aromatic nitrogens is 1. The van der Waals surface area contributed by atoms with E-state index in [0.29, 0.717) is 22.1 Å². The first kappa shape index (κ1) is 18.0. The van der Waals surface area contributed by atoms with Crippen molar-refractivity contribution in [2.75, 3.05) is 5.32 Å². The molecule has 132 valence electrons. The van der Waals surface area contributed by atoms with Crippen LogP contribution >= 0.6 is 22.9 Å². The summed E-state index contributed by atoms with van der Waals surface area (Å²) in [6, 6.07) is 13.7. The van der Waals surface area contributed by atoms with Gasteiger partial charge in [0.25, 0.3) is 5.69 Å². The molecule has 1 aromatic heterocycles. The van der Waals surface area contributed by atoms with Crippen LogP contribution in [-0.4, -0.2) is 15.8 Å². The molecule has 1 heterocycles. The van der Waals surface area contributed by atoms with Gasteiger partial charge in [-0.3, -0.25) is 14.9 Å². The van der Waals surface area contributed by atoms with Crippen LogP contribution < -0.4 is 5.32 Å². The molecule has 0 fully saturated rings. The monoisotopic (exact) mass is 387 g/mol.